The van der Waals surface area contributed by atoms with Gasteiger partial charge >= 0.3 is 0 Å². The van der Waals surface area contributed by atoms with Crippen molar-refractivity contribution in [3.63, 3.8) is 0 Å². The number of carbonyl (C=O) groups is 1. The maximum absolute atomic E-state index is 12.2. The molecule has 118 valence electrons. The van der Waals surface area contributed by atoms with Crippen LogP contribution < -0.4 is 20.5 Å². The molecule has 0 spiro atoms. The van der Waals surface area contributed by atoms with Gasteiger partial charge in [0.05, 0.1) is 18.8 Å². The van der Waals surface area contributed by atoms with Crippen LogP contribution in [-0.2, 0) is 4.79 Å². The molecule has 0 aromatic heterocycles. The van der Waals surface area contributed by atoms with Crippen molar-refractivity contribution in [1.29, 1.82) is 0 Å². The summed E-state index contributed by atoms with van der Waals surface area (Å²) in [5.74, 6) is 1.09. The number of rotatable bonds is 8. The van der Waals surface area contributed by atoms with Gasteiger partial charge in [0.2, 0.25) is 5.91 Å². The summed E-state index contributed by atoms with van der Waals surface area (Å²) >= 11 is 0. The molecule has 0 bridgehead atoms. The number of nitrogens with two attached hydrogens (primary N) is 1. The highest BCUT2D eigenvalue weighted by Gasteiger charge is 2.27. The van der Waals surface area contributed by atoms with Crippen molar-refractivity contribution in [1.82, 2.24) is 0 Å². The van der Waals surface area contributed by atoms with Gasteiger partial charge in [-0.15, -0.1) is 0 Å². The van der Waals surface area contributed by atoms with E-state index < -0.39 is 5.54 Å². The average Bonchev–Trinajstić information content (AvgIpc) is 2.42. The molecule has 1 amide bonds. The third kappa shape index (κ3) is 4.93. The third-order valence-corrected chi connectivity index (χ3v) is 3.09. The van der Waals surface area contributed by atoms with Gasteiger partial charge in [0.25, 0.3) is 0 Å². The molecule has 5 heteroatoms. The van der Waals surface area contributed by atoms with Crippen molar-refractivity contribution < 1.29 is 14.3 Å². The Hall–Kier alpha value is -1.75. The zero-order valence-electron chi connectivity index (χ0n) is 13.4. The van der Waals surface area contributed by atoms with Crippen LogP contribution in [0.1, 0.15) is 40.5 Å². The fourth-order valence-electron chi connectivity index (χ4n) is 2.04. The Balaban J connectivity index is 2.89. The molecule has 1 unspecified atom stereocenters. The maximum Gasteiger partial charge on any atom is 0.244 e. The standard InChI is InChI=1S/C16H26N2O3/c1-5-10-16(4,17)15(19)18-12-8-9-13(20-6-2)14(11-12)21-7-3/h8-9,11H,5-7,10,17H2,1-4H3,(H,18,19). The first-order valence-electron chi connectivity index (χ1n) is 7.44. The molecule has 5 nitrogen and oxygen atoms in total. The Labute approximate surface area is 126 Å². The Morgan fingerprint density at radius 3 is 2.38 bits per heavy atom. The van der Waals surface area contributed by atoms with E-state index in [4.69, 9.17) is 15.2 Å². The zero-order chi connectivity index (χ0) is 15.9. The lowest BCUT2D eigenvalue weighted by atomic mass is 9.96. The highest BCUT2D eigenvalue weighted by Crippen LogP contribution is 2.31. The summed E-state index contributed by atoms with van der Waals surface area (Å²) in [4.78, 5) is 12.2. The molecule has 0 aliphatic heterocycles. The van der Waals surface area contributed by atoms with E-state index in [1.54, 1.807) is 25.1 Å². The lowest BCUT2D eigenvalue weighted by Gasteiger charge is -2.23. The van der Waals surface area contributed by atoms with Crippen LogP contribution in [0.15, 0.2) is 18.2 Å². The summed E-state index contributed by atoms with van der Waals surface area (Å²) < 4.78 is 11.0. The number of hydrogen-bond donors (Lipinski definition) is 2. The monoisotopic (exact) mass is 294 g/mol. The van der Waals surface area contributed by atoms with E-state index in [2.05, 4.69) is 5.32 Å². The van der Waals surface area contributed by atoms with Gasteiger partial charge in [-0.05, 0) is 39.3 Å². The van der Waals surface area contributed by atoms with Crippen LogP contribution in [-0.4, -0.2) is 24.7 Å². The van der Waals surface area contributed by atoms with Gasteiger partial charge in [0.15, 0.2) is 11.5 Å². The molecular formula is C16H26N2O3. The molecule has 0 fully saturated rings. The minimum absolute atomic E-state index is 0.198. The number of benzene rings is 1. The lowest BCUT2D eigenvalue weighted by molar-refractivity contribution is -0.120. The summed E-state index contributed by atoms with van der Waals surface area (Å²) in [5, 5.41) is 2.84. The predicted octanol–water partition coefficient (Wildman–Crippen LogP) is 2.94. The van der Waals surface area contributed by atoms with Gasteiger partial charge in [-0.1, -0.05) is 13.3 Å². The summed E-state index contributed by atoms with van der Waals surface area (Å²) in [6.07, 6.45) is 1.49. The van der Waals surface area contributed by atoms with E-state index in [1.807, 2.05) is 20.8 Å². The highest BCUT2D eigenvalue weighted by molar-refractivity contribution is 5.97. The van der Waals surface area contributed by atoms with Crippen molar-refractivity contribution in [2.45, 2.75) is 46.1 Å². The summed E-state index contributed by atoms with van der Waals surface area (Å²) in [6.45, 7) is 8.65. The quantitative estimate of drug-likeness (QED) is 0.773. The van der Waals surface area contributed by atoms with E-state index >= 15 is 0 Å². The average molecular weight is 294 g/mol. The Kier molecular flexibility index (Phi) is 6.49. The Morgan fingerprint density at radius 2 is 1.81 bits per heavy atom. The molecular weight excluding hydrogens is 268 g/mol. The van der Waals surface area contributed by atoms with Crippen LogP contribution in [0.4, 0.5) is 5.69 Å². The van der Waals surface area contributed by atoms with Crippen LogP contribution in [0.25, 0.3) is 0 Å². The van der Waals surface area contributed by atoms with Crippen LogP contribution in [0, 0.1) is 0 Å². The fraction of sp³-hybridized carbons (Fsp3) is 0.562. The molecule has 1 aromatic carbocycles. The Bertz CT molecular complexity index is 473. The third-order valence-electron chi connectivity index (χ3n) is 3.09. The van der Waals surface area contributed by atoms with Crippen LogP contribution in [0.5, 0.6) is 11.5 Å². The van der Waals surface area contributed by atoms with Crippen LogP contribution in [0.3, 0.4) is 0 Å². The number of amides is 1. The second-order valence-corrected chi connectivity index (χ2v) is 5.15. The first-order valence-corrected chi connectivity index (χ1v) is 7.44. The van der Waals surface area contributed by atoms with Gasteiger partial charge in [0, 0.05) is 11.8 Å². The minimum Gasteiger partial charge on any atom is -0.490 e. The number of anilines is 1. The first kappa shape index (κ1) is 17.3. The van der Waals surface area contributed by atoms with Crippen molar-refractivity contribution in [3.05, 3.63) is 18.2 Å². The van der Waals surface area contributed by atoms with Gasteiger partial charge in [-0.3, -0.25) is 4.79 Å². The lowest BCUT2D eigenvalue weighted by Crippen LogP contribution is -2.48. The molecule has 1 rings (SSSR count). The number of nitrogens with one attached hydrogen (secondary N) is 1. The summed E-state index contributed by atoms with van der Waals surface area (Å²) in [5.41, 5.74) is 5.80. The SMILES string of the molecule is CCCC(C)(N)C(=O)Nc1ccc(OCC)c(OCC)c1. The normalized spacial score (nSPS) is 13.4. The van der Waals surface area contributed by atoms with Gasteiger partial charge in [-0.25, -0.2) is 0 Å². The molecule has 0 heterocycles. The smallest absolute Gasteiger partial charge is 0.244 e. The maximum atomic E-state index is 12.2. The van der Waals surface area contributed by atoms with E-state index in [-0.39, 0.29) is 5.91 Å². The molecule has 0 aliphatic carbocycles. The topological polar surface area (TPSA) is 73.6 Å². The van der Waals surface area contributed by atoms with E-state index in [9.17, 15) is 4.79 Å². The number of hydrogen-bond acceptors (Lipinski definition) is 4. The summed E-state index contributed by atoms with van der Waals surface area (Å²) in [6, 6.07) is 5.33. The van der Waals surface area contributed by atoms with Crippen molar-refractivity contribution in [2.24, 2.45) is 5.73 Å². The molecule has 1 aromatic rings. The zero-order valence-corrected chi connectivity index (χ0v) is 13.4. The molecule has 0 saturated carbocycles. The summed E-state index contributed by atoms with van der Waals surface area (Å²) in [7, 11) is 0. The van der Waals surface area contributed by atoms with Crippen molar-refractivity contribution in [3.8, 4) is 11.5 Å². The molecule has 3 N–H and O–H groups in total. The van der Waals surface area contributed by atoms with Crippen molar-refractivity contribution in [2.75, 3.05) is 18.5 Å². The number of carbonyl (C=O) groups excluding carboxylic acids is 1. The Morgan fingerprint density at radius 1 is 1.19 bits per heavy atom. The minimum atomic E-state index is -0.876. The van der Waals surface area contributed by atoms with Crippen LogP contribution in [0.2, 0.25) is 0 Å². The molecule has 0 radical (unpaired) electrons. The van der Waals surface area contributed by atoms with Gasteiger partial charge < -0.3 is 20.5 Å². The van der Waals surface area contributed by atoms with E-state index in [0.29, 0.717) is 36.8 Å². The molecule has 1 atom stereocenters. The van der Waals surface area contributed by atoms with Crippen LogP contribution >= 0.6 is 0 Å². The number of ether oxygens (including phenoxy) is 2. The second-order valence-electron chi connectivity index (χ2n) is 5.15. The first-order chi connectivity index (χ1) is 9.94. The highest BCUT2D eigenvalue weighted by atomic mass is 16.5. The van der Waals surface area contributed by atoms with Crippen molar-refractivity contribution >= 4 is 11.6 Å². The van der Waals surface area contributed by atoms with Gasteiger partial charge in [-0.2, -0.15) is 0 Å². The predicted molar refractivity (Wildman–Crippen MR) is 84.9 cm³/mol. The molecule has 21 heavy (non-hydrogen) atoms. The largest absolute Gasteiger partial charge is 0.490 e. The van der Waals surface area contributed by atoms with E-state index in [1.165, 1.54) is 0 Å². The second kappa shape index (κ2) is 7.88. The molecule has 0 aliphatic rings. The van der Waals surface area contributed by atoms with E-state index in [0.717, 1.165) is 6.42 Å². The molecule has 0 saturated heterocycles. The fourth-order valence-corrected chi connectivity index (χ4v) is 2.04. The van der Waals surface area contributed by atoms with Gasteiger partial charge in [0.1, 0.15) is 0 Å².